The first-order valence-corrected chi connectivity index (χ1v) is 8.71. The molecule has 0 atom stereocenters. The van der Waals surface area contributed by atoms with Crippen LogP contribution < -0.4 is 10.8 Å². The average molecular weight is 337 g/mol. The van der Waals surface area contributed by atoms with Crippen LogP contribution in [0.5, 0.6) is 11.5 Å². The molecule has 1 rings (SSSR count). The highest BCUT2D eigenvalue weighted by molar-refractivity contribution is 5.85. The number of phenolic OH excluding ortho intramolecular Hbond substituents is 1. The summed E-state index contributed by atoms with van der Waals surface area (Å²) in [6, 6.07) is 3.82. The zero-order valence-corrected chi connectivity index (χ0v) is 14.7. The third-order valence-corrected chi connectivity index (χ3v) is 3.50. The second-order valence-corrected chi connectivity index (χ2v) is 5.73. The number of hydrogen-bond acceptors (Lipinski definition) is 3. The smallest absolute Gasteiger partial charge is 0.328 e. The summed E-state index contributed by atoms with van der Waals surface area (Å²) in [6.45, 7) is 3.39. The predicted octanol–water partition coefficient (Wildman–Crippen LogP) is 2.93. The Kier molecular flexibility index (Phi) is 13.4. The van der Waals surface area contributed by atoms with Crippen LogP contribution in [0.4, 0.5) is 0 Å². The third kappa shape index (κ3) is 12.5. The molecule has 0 saturated carbocycles. The summed E-state index contributed by atoms with van der Waals surface area (Å²) in [4.78, 5) is 10.1. The first kappa shape index (κ1) is 22.0. The molecule has 0 heterocycles. The number of rotatable bonds is 10. The topological polar surface area (TPSA) is 108 Å². The second kappa shape index (κ2) is 14.6. The van der Waals surface area contributed by atoms with Crippen LogP contribution in [0.2, 0.25) is 0 Å². The first-order valence-electron chi connectivity index (χ1n) is 8.71. The molecule has 0 radical (unpaired) electrons. The Hall–Kier alpha value is -2.01. The van der Waals surface area contributed by atoms with Crippen molar-refractivity contribution in [2.75, 3.05) is 6.54 Å². The van der Waals surface area contributed by atoms with Crippen LogP contribution in [-0.4, -0.2) is 22.7 Å². The van der Waals surface area contributed by atoms with Crippen LogP contribution in [0.25, 0.3) is 6.08 Å². The van der Waals surface area contributed by atoms with E-state index in [9.17, 15) is 9.90 Å². The summed E-state index contributed by atoms with van der Waals surface area (Å²) in [5.41, 5.74) is 4.30. The number of aliphatic carboxylic acids is 1. The van der Waals surface area contributed by atoms with Crippen molar-refractivity contribution in [3.8, 4) is 11.5 Å². The molecular weight excluding hydrogens is 306 g/mol. The van der Waals surface area contributed by atoms with Crippen LogP contribution in [0.15, 0.2) is 24.3 Å². The molecule has 5 N–H and O–H groups in total. The lowest BCUT2D eigenvalue weighted by Crippen LogP contribution is -2.50. The molecule has 1 aromatic rings. The number of quaternary nitrogens is 1. The maximum absolute atomic E-state index is 10.7. The molecule has 0 bridgehead atoms. The Bertz CT molecular complexity index is 478. The maximum atomic E-state index is 10.7. The molecule has 24 heavy (non-hydrogen) atoms. The fraction of sp³-hybridized carbons (Fsp3) is 0.526. The van der Waals surface area contributed by atoms with Gasteiger partial charge >= 0.3 is 5.97 Å². The van der Waals surface area contributed by atoms with Crippen LogP contribution in [0.1, 0.15) is 63.9 Å². The number of unbranched alkanes of at least 4 members (excludes halogenated alkanes) is 7. The number of phenols is 1. The highest BCUT2D eigenvalue weighted by atomic mass is 16.4. The van der Waals surface area contributed by atoms with Crippen molar-refractivity contribution in [2.24, 2.45) is 0 Å². The highest BCUT2D eigenvalue weighted by Crippen LogP contribution is 2.22. The van der Waals surface area contributed by atoms with Gasteiger partial charge in [0.05, 0.1) is 6.54 Å². The van der Waals surface area contributed by atoms with E-state index in [0.717, 1.165) is 12.6 Å². The van der Waals surface area contributed by atoms with Crippen LogP contribution >= 0.6 is 0 Å². The van der Waals surface area contributed by atoms with Gasteiger partial charge in [0.2, 0.25) is 0 Å². The van der Waals surface area contributed by atoms with Crippen LogP contribution in [0, 0.1) is 0 Å². The summed E-state index contributed by atoms with van der Waals surface area (Å²) < 4.78 is 0. The summed E-state index contributed by atoms with van der Waals surface area (Å²) in [7, 11) is 0. The maximum Gasteiger partial charge on any atom is 0.328 e. The Morgan fingerprint density at radius 3 is 2.21 bits per heavy atom. The third-order valence-electron chi connectivity index (χ3n) is 3.50. The molecule has 0 fully saturated rings. The predicted molar refractivity (Wildman–Crippen MR) is 94.6 cm³/mol. The minimum Gasteiger partial charge on any atom is -0.870 e. The van der Waals surface area contributed by atoms with Gasteiger partial charge in [-0.2, -0.15) is 0 Å². The molecule has 0 aromatic heterocycles. The molecule has 0 aliphatic carbocycles. The van der Waals surface area contributed by atoms with E-state index in [2.05, 4.69) is 12.7 Å². The van der Waals surface area contributed by atoms with Gasteiger partial charge < -0.3 is 21.1 Å². The van der Waals surface area contributed by atoms with Gasteiger partial charge in [-0.15, -0.1) is 0 Å². The summed E-state index contributed by atoms with van der Waals surface area (Å²) in [5.74, 6) is -1.94. The summed E-state index contributed by atoms with van der Waals surface area (Å²) in [6.07, 6.45) is 13.5. The van der Waals surface area contributed by atoms with Gasteiger partial charge in [0.25, 0.3) is 0 Å². The Morgan fingerprint density at radius 1 is 1.12 bits per heavy atom. The van der Waals surface area contributed by atoms with E-state index in [1.54, 1.807) is 0 Å². The van der Waals surface area contributed by atoms with Gasteiger partial charge in [-0.05, 0) is 30.5 Å². The van der Waals surface area contributed by atoms with E-state index in [4.69, 9.17) is 10.2 Å². The zero-order chi connectivity index (χ0) is 18.2. The average Bonchev–Trinajstić information content (AvgIpc) is 2.56. The quantitative estimate of drug-likeness (QED) is 0.450. The van der Waals surface area contributed by atoms with Crippen molar-refractivity contribution in [3.63, 3.8) is 0 Å². The molecule has 136 valence electrons. The lowest BCUT2D eigenvalue weighted by atomic mass is 10.1. The van der Waals surface area contributed by atoms with Gasteiger partial charge in [0.1, 0.15) is 5.75 Å². The molecule has 0 aliphatic rings. The molecule has 0 unspecified atom stereocenters. The zero-order valence-electron chi connectivity index (χ0n) is 14.7. The van der Waals surface area contributed by atoms with Gasteiger partial charge in [0.15, 0.2) is 0 Å². The molecule has 0 saturated heterocycles. The first-order chi connectivity index (χ1) is 11.5. The highest BCUT2D eigenvalue weighted by Gasteiger charge is 1.93. The van der Waals surface area contributed by atoms with Gasteiger partial charge in [-0.25, -0.2) is 4.79 Å². The number of carboxylic acid groups (broad SMARTS) is 1. The normalized spacial score (nSPS) is 10.4. The number of aromatic hydroxyl groups is 1. The van der Waals surface area contributed by atoms with Crippen molar-refractivity contribution in [3.05, 3.63) is 29.8 Å². The fourth-order valence-corrected chi connectivity index (χ4v) is 2.12. The number of benzene rings is 1. The summed E-state index contributed by atoms with van der Waals surface area (Å²) in [5, 5.41) is 28.0. The molecule has 5 nitrogen and oxygen atoms in total. The minimum atomic E-state index is -1.08. The Labute approximate surface area is 144 Å². The standard InChI is InChI=1S/C10H23N.C9H8O4/c1-2-3-4-5-6-7-8-9-10-11;10-7-3-1-6(5-8(7)11)2-4-9(12)13/h2-11H2,1H3;1-5,10-11H,(H,12,13). The van der Waals surface area contributed by atoms with Gasteiger partial charge in [-0.3, -0.25) is 0 Å². The molecule has 5 heteroatoms. The van der Waals surface area contributed by atoms with Crippen molar-refractivity contribution in [2.45, 2.75) is 58.3 Å². The van der Waals surface area contributed by atoms with E-state index in [-0.39, 0.29) is 5.75 Å². The largest absolute Gasteiger partial charge is 0.870 e. The van der Waals surface area contributed by atoms with E-state index in [1.807, 2.05) is 0 Å². The Balaban J connectivity index is 0.000000449. The van der Waals surface area contributed by atoms with E-state index in [1.165, 1.54) is 75.6 Å². The number of carboxylic acids is 1. The van der Waals surface area contributed by atoms with E-state index < -0.39 is 11.7 Å². The summed E-state index contributed by atoms with van der Waals surface area (Å²) >= 11 is 0. The SMILES string of the molecule is CCCCCCCCCC[NH3+].O=C(O)C=Cc1ccc([O-])c(O)c1. The van der Waals surface area contributed by atoms with Crippen molar-refractivity contribution in [1.82, 2.24) is 0 Å². The fourth-order valence-electron chi connectivity index (χ4n) is 2.12. The van der Waals surface area contributed by atoms with E-state index >= 15 is 0 Å². The Morgan fingerprint density at radius 2 is 1.71 bits per heavy atom. The van der Waals surface area contributed by atoms with E-state index in [0.29, 0.717) is 5.56 Å². The van der Waals surface area contributed by atoms with Gasteiger partial charge in [0, 0.05) is 6.08 Å². The number of hydrogen-bond donors (Lipinski definition) is 3. The van der Waals surface area contributed by atoms with Crippen LogP contribution in [0.3, 0.4) is 0 Å². The molecule has 0 amide bonds. The lowest BCUT2D eigenvalue weighted by Gasteiger charge is -2.07. The molecular formula is C19H31NO4. The second-order valence-electron chi connectivity index (χ2n) is 5.73. The molecule has 0 aliphatic heterocycles. The van der Waals surface area contributed by atoms with Gasteiger partial charge in [-0.1, -0.05) is 63.3 Å². The minimum absolute atomic E-state index is 0.382. The monoisotopic (exact) mass is 337 g/mol. The molecule has 1 aromatic carbocycles. The van der Waals surface area contributed by atoms with Crippen molar-refractivity contribution in [1.29, 1.82) is 0 Å². The van der Waals surface area contributed by atoms with Crippen LogP contribution in [-0.2, 0) is 4.79 Å². The van der Waals surface area contributed by atoms with Crippen molar-refractivity contribution < 1.29 is 25.8 Å². The lowest BCUT2D eigenvalue weighted by molar-refractivity contribution is -0.368. The number of carbonyl (C=O) groups is 1. The van der Waals surface area contributed by atoms with Crippen molar-refractivity contribution >= 4 is 12.0 Å². The molecule has 0 spiro atoms.